The molecule has 186 valence electrons. The maximum Gasteiger partial charge on any atom is 0.243 e. The Labute approximate surface area is 216 Å². The van der Waals surface area contributed by atoms with E-state index in [2.05, 4.69) is 31.3 Å². The van der Waals surface area contributed by atoms with Gasteiger partial charge in [-0.15, -0.1) is 11.3 Å². The lowest BCUT2D eigenvalue weighted by Gasteiger charge is -2.29. The lowest BCUT2D eigenvalue weighted by Crippen LogP contribution is -2.37. The largest absolute Gasteiger partial charge is 0.378 e. The van der Waals surface area contributed by atoms with Crippen molar-refractivity contribution in [3.05, 3.63) is 77.9 Å². The van der Waals surface area contributed by atoms with Gasteiger partial charge in [-0.2, -0.15) is 4.31 Å². The number of hydrogen-bond donors (Lipinski definition) is 1. The minimum Gasteiger partial charge on any atom is -0.378 e. The molecule has 36 heavy (non-hydrogen) atoms. The molecule has 0 radical (unpaired) electrons. The number of fused-ring (bicyclic) bond motifs is 1. The van der Waals surface area contributed by atoms with Crippen molar-refractivity contribution in [2.45, 2.75) is 31.6 Å². The van der Waals surface area contributed by atoms with Crippen LogP contribution in [0.2, 0.25) is 0 Å². The van der Waals surface area contributed by atoms with E-state index in [4.69, 9.17) is 4.98 Å². The Morgan fingerprint density at radius 3 is 2.42 bits per heavy atom. The minimum atomic E-state index is -3.52. The number of aromatic nitrogens is 1. The van der Waals surface area contributed by atoms with Crippen LogP contribution < -0.4 is 5.32 Å². The van der Waals surface area contributed by atoms with E-state index in [1.165, 1.54) is 22.4 Å². The predicted molar refractivity (Wildman–Crippen MR) is 146 cm³/mol. The second kappa shape index (κ2) is 10.1. The molecule has 1 N–H and O–H groups in total. The molecule has 1 fully saturated rings. The summed E-state index contributed by atoms with van der Waals surface area (Å²) in [5, 5.41) is 4.13. The number of nitrogens with one attached hydrogen (secondary N) is 1. The van der Waals surface area contributed by atoms with Crippen LogP contribution in [0.3, 0.4) is 0 Å². The van der Waals surface area contributed by atoms with E-state index in [1.54, 1.807) is 27.8 Å². The van der Waals surface area contributed by atoms with Gasteiger partial charge in [-0.25, -0.2) is 13.4 Å². The summed E-state index contributed by atoms with van der Waals surface area (Å²) in [5.74, 6) is 0.452. The van der Waals surface area contributed by atoms with Gasteiger partial charge in [0.1, 0.15) is 5.01 Å². The Kier molecular flexibility index (Phi) is 6.92. The van der Waals surface area contributed by atoms with Crippen molar-refractivity contribution in [3.63, 3.8) is 0 Å². The minimum absolute atomic E-state index is 0.101. The zero-order valence-corrected chi connectivity index (χ0v) is 22.0. The third-order valence-corrected chi connectivity index (χ3v) is 9.67. The van der Waals surface area contributed by atoms with E-state index < -0.39 is 10.0 Å². The van der Waals surface area contributed by atoms with Crippen LogP contribution in [0, 0.1) is 12.8 Å². The topological polar surface area (TPSA) is 79.4 Å². The molecule has 2 heterocycles. The SMILES string of the molecule is Cc1ccc2nc(-c3ccc(NCC(=O)c4ccc(S(=O)(=O)N5CCC(C)CC5)cc4)cc3)sc2c1. The van der Waals surface area contributed by atoms with Crippen molar-refractivity contribution >= 4 is 43.0 Å². The van der Waals surface area contributed by atoms with Crippen LogP contribution in [0.4, 0.5) is 5.69 Å². The second-order valence-electron chi connectivity index (χ2n) is 9.46. The molecule has 3 aromatic carbocycles. The van der Waals surface area contributed by atoms with Gasteiger partial charge < -0.3 is 5.32 Å². The molecule has 0 atom stereocenters. The molecule has 0 aliphatic carbocycles. The number of ketones is 1. The second-order valence-corrected chi connectivity index (χ2v) is 12.4. The molecule has 5 rings (SSSR count). The molecule has 8 heteroatoms. The summed E-state index contributed by atoms with van der Waals surface area (Å²) >= 11 is 1.67. The highest BCUT2D eigenvalue weighted by atomic mass is 32.2. The zero-order chi connectivity index (χ0) is 25.3. The van der Waals surface area contributed by atoms with Gasteiger partial charge in [0.05, 0.1) is 21.7 Å². The van der Waals surface area contributed by atoms with Crippen molar-refractivity contribution in [3.8, 4) is 10.6 Å². The fourth-order valence-corrected chi connectivity index (χ4v) is 6.90. The van der Waals surface area contributed by atoms with Crippen LogP contribution in [0.15, 0.2) is 71.6 Å². The number of hydrogen-bond acceptors (Lipinski definition) is 6. The molecule has 1 aromatic heterocycles. The molecular weight excluding hydrogens is 490 g/mol. The average Bonchev–Trinajstić information content (AvgIpc) is 3.31. The van der Waals surface area contributed by atoms with Gasteiger partial charge in [-0.05, 0) is 91.9 Å². The van der Waals surface area contributed by atoms with Crippen molar-refractivity contribution in [1.82, 2.24) is 9.29 Å². The number of anilines is 1. The van der Waals surface area contributed by atoms with Crippen molar-refractivity contribution in [2.75, 3.05) is 25.0 Å². The number of sulfonamides is 1. The Morgan fingerprint density at radius 1 is 1.03 bits per heavy atom. The van der Waals surface area contributed by atoms with E-state index >= 15 is 0 Å². The summed E-state index contributed by atoms with van der Waals surface area (Å²) in [7, 11) is -3.52. The molecule has 1 aliphatic rings. The number of Topliss-reactive ketones (excluding diaryl/α,β-unsaturated/α-hetero) is 1. The maximum absolute atomic E-state index is 12.9. The smallest absolute Gasteiger partial charge is 0.243 e. The van der Waals surface area contributed by atoms with E-state index in [0.29, 0.717) is 24.6 Å². The number of carbonyl (C=O) groups is 1. The van der Waals surface area contributed by atoms with E-state index in [-0.39, 0.29) is 17.2 Å². The van der Waals surface area contributed by atoms with Gasteiger partial charge in [-0.1, -0.05) is 13.0 Å². The third-order valence-electron chi connectivity index (χ3n) is 6.69. The number of carbonyl (C=O) groups excluding carboxylic acids is 1. The van der Waals surface area contributed by atoms with Crippen LogP contribution in [0.25, 0.3) is 20.8 Å². The number of piperidine rings is 1. The number of benzene rings is 3. The molecule has 0 amide bonds. The Bertz CT molecular complexity index is 1490. The third kappa shape index (κ3) is 5.21. The highest BCUT2D eigenvalue weighted by molar-refractivity contribution is 7.89. The average molecular weight is 520 g/mol. The van der Waals surface area contributed by atoms with Gasteiger partial charge in [0.2, 0.25) is 10.0 Å². The molecular formula is C28H29N3O3S2. The molecule has 6 nitrogen and oxygen atoms in total. The first-order valence-corrected chi connectivity index (χ1v) is 14.4. The van der Waals surface area contributed by atoms with Crippen molar-refractivity contribution in [2.24, 2.45) is 5.92 Å². The molecule has 0 bridgehead atoms. The van der Waals surface area contributed by atoms with Crippen LogP contribution in [0.1, 0.15) is 35.7 Å². The number of aryl methyl sites for hydroxylation is 1. The maximum atomic E-state index is 12.9. The van der Waals surface area contributed by atoms with Gasteiger partial charge in [0, 0.05) is 29.9 Å². The van der Waals surface area contributed by atoms with Gasteiger partial charge in [0.25, 0.3) is 0 Å². The fourth-order valence-electron chi connectivity index (χ4n) is 4.36. The summed E-state index contributed by atoms with van der Waals surface area (Å²) < 4.78 is 28.5. The van der Waals surface area contributed by atoms with Crippen LogP contribution in [-0.4, -0.2) is 43.1 Å². The number of rotatable bonds is 7. The predicted octanol–water partition coefficient (Wildman–Crippen LogP) is 5.99. The first kappa shape index (κ1) is 24.6. The van der Waals surface area contributed by atoms with Gasteiger partial charge in [-0.3, -0.25) is 4.79 Å². The van der Waals surface area contributed by atoms with E-state index in [0.717, 1.165) is 34.6 Å². The molecule has 0 unspecified atom stereocenters. The van der Waals surface area contributed by atoms with Crippen LogP contribution in [-0.2, 0) is 10.0 Å². The number of thiazole rings is 1. The highest BCUT2D eigenvalue weighted by Gasteiger charge is 2.28. The van der Waals surface area contributed by atoms with Crippen molar-refractivity contribution in [1.29, 1.82) is 0 Å². The standard InChI is InChI=1S/C28H29N3O3S2/c1-19-13-15-31(16-14-19)36(33,34)24-10-6-21(7-11-24)26(32)18-29-23-8-4-22(5-9-23)28-30-25-12-3-20(2)17-27(25)35-28/h3-12,17,19,29H,13-16,18H2,1-2H3. The fraction of sp³-hybridized carbons (Fsp3) is 0.286. The molecule has 1 saturated heterocycles. The quantitative estimate of drug-likeness (QED) is 0.304. The first-order chi connectivity index (χ1) is 17.3. The number of nitrogens with zero attached hydrogens (tertiary/aromatic N) is 2. The van der Waals surface area contributed by atoms with Crippen LogP contribution in [0.5, 0.6) is 0 Å². The van der Waals surface area contributed by atoms with E-state index in [9.17, 15) is 13.2 Å². The summed E-state index contributed by atoms with van der Waals surface area (Å²) in [6.07, 6.45) is 1.76. The first-order valence-electron chi connectivity index (χ1n) is 12.1. The summed E-state index contributed by atoms with van der Waals surface area (Å²) in [5.41, 5.74) is 4.57. The monoisotopic (exact) mass is 519 g/mol. The molecule has 1 aliphatic heterocycles. The Hall–Kier alpha value is -3.07. The molecule has 4 aromatic rings. The summed E-state index contributed by atoms with van der Waals surface area (Å²) in [4.78, 5) is 17.7. The van der Waals surface area contributed by atoms with E-state index in [1.807, 2.05) is 30.3 Å². The summed E-state index contributed by atoms with van der Waals surface area (Å²) in [6.45, 7) is 5.44. The lowest BCUT2D eigenvalue weighted by atomic mass is 10.0. The lowest BCUT2D eigenvalue weighted by molar-refractivity contribution is 0.101. The molecule has 0 spiro atoms. The van der Waals surface area contributed by atoms with Crippen LogP contribution >= 0.6 is 11.3 Å². The molecule has 0 saturated carbocycles. The normalized spacial score (nSPS) is 15.3. The zero-order valence-electron chi connectivity index (χ0n) is 20.4. The van der Waals surface area contributed by atoms with Gasteiger partial charge in [0.15, 0.2) is 5.78 Å². The highest BCUT2D eigenvalue weighted by Crippen LogP contribution is 2.31. The Morgan fingerprint density at radius 2 is 1.72 bits per heavy atom. The Balaban J connectivity index is 1.20. The van der Waals surface area contributed by atoms with Crippen molar-refractivity contribution < 1.29 is 13.2 Å². The summed E-state index contributed by atoms with van der Waals surface area (Å²) in [6, 6.07) is 20.4. The van der Waals surface area contributed by atoms with Gasteiger partial charge >= 0.3 is 0 Å².